The molecule has 0 bridgehead atoms. The number of amides is 1. The number of carbonyl (C=O) groups is 1. The number of piperidine rings is 1. The Balaban J connectivity index is 1.85. The molecule has 0 saturated carbocycles. The van der Waals surface area contributed by atoms with Crippen LogP contribution < -0.4 is 0 Å². The molecule has 1 aliphatic rings. The third-order valence-electron chi connectivity index (χ3n) is 3.95. The van der Waals surface area contributed by atoms with E-state index in [0.717, 1.165) is 25.8 Å². The summed E-state index contributed by atoms with van der Waals surface area (Å²) in [5.74, 6) is 0.677. The van der Waals surface area contributed by atoms with Crippen molar-refractivity contribution < 1.29 is 13.7 Å². The van der Waals surface area contributed by atoms with E-state index in [2.05, 4.69) is 10.1 Å². The largest absolute Gasteiger partial charge is 0.337 e. The molecule has 0 N–H and O–H groups in total. The fourth-order valence-corrected chi connectivity index (χ4v) is 2.78. The van der Waals surface area contributed by atoms with Crippen molar-refractivity contribution in [1.82, 2.24) is 15.0 Å². The fourth-order valence-electron chi connectivity index (χ4n) is 2.78. The second kappa shape index (κ2) is 6.25. The van der Waals surface area contributed by atoms with Crippen LogP contribution in [0, 0.1) is 5.82 Å². The molecule has 1 aromatic carbocycles. The van der Waals surface area contributed by atoms with Crippen molar-refractivity contribution in [3.05, 3.63) is 36.0 Å². The highest BCUT2D eigenvalue weighted by atomic mass is 19.1. The van der Waals surface area contributed by atoms with Crippen molar-refractivity contribution in [2.45, 2.75) is 38.6 Å². The number of halogens is 1. The van der Waals surface area contributed by atoms with Crippen LogP contribution in [0.3, 0.4) is 0 Å². The molecule has 0 unspecified atom stereocenters. The Bertz CT molecular complexity index is 654. The summed E-state index contributed by atoms with van der Waals surface area (Å²) in [6.07, 6.45) is 3.33. The van der Waals surface area contributed by atoms with Crippen molar-refractivity contribution in [3.63, 3.8) is 0 Å². The number of rotatable bonds is 3. The average molecular weight is 303 g/mol. The van der Waals surface area contributed by atoms with Crippen molar-refractivity contribution >= 4 is 5.91 Å². The summed E-state index contributed by atoms with van der Waals surface area (Å²) in [5, 5.41) is 3.96. The van der Waals surface area contributed by atoms with E-state index < -0.39 is 0 Å². The first-order valence-corrected chi connectivity index (χ1v) is 7.58. The Kier molecular flexibility index (Phi) is 4.18. The van der Waals surface area contributed by atoms with Gasteiger partial charge in [0.2, 0.25) is 17.6 Å². The molecule has 0 radical (unpaired) electrons. The SMILES string of the molecule is CCC(=O)N1CCCC[C@@H]1c1nc(-c2ccc(F)cc2)no1. The summed E-state index contributed by atoms with van der Waals surface area (Å²) in [5.41, 5.74) is 0.695. The number of aromatic nitrogens is 2. The van der Waals surface area contributed by atoms with E-state index in [1.165, 1.54) is 12.1 Å². The monoisotopic (exact) mass is 303 g/mol. The summed E-state index contributed by atoms with van der Waals surface area (Å²) >= 11 is 0. The molecule has 2 heterocycles. The highest BCUT2D eigenvalue weighted by Crippen LogP contribution is 2.31. The first-order valence-electron chi connectivity index (χ1n) is 7.58. The van der Waals surface area contributed by atoms with Crippen LogP contribution in [-0.4, -0.2) is 27.5 Å². The maximum atomic E-state index is 13.0. The van der Waals surface area contributed by atoms with E-state index in [1.54, 1.807) is 12.1 Å². The zero-order valence-corrected chi connectivity index (χ0v) is 12.5. The Morgan fingerprint density at radius 1 is 1.36 bits per heavy atom. The van der Waals surface area contributed by atoms with Gasteiger partial charge >= 0.3 is 0 Å². The fraction of sp³-hybridized carbons (Fsp3) is 0.438. The van der Waals surface area contributed by atoms with Crippen LogP contribution in [-0.2, 0) is 4.79 Å². The van der Waals surface area contributed by atoms with Crippen molar-refractivity contribution in [2.75, 3.05) is 6.54 Å². The lowest BCUT2D eigenvalue weighted by atomic mass is 10.0. The van der Waals surface area contributed by atoms with Crippen LogP contribution in [0.1, 0.15) is 44.5 Å². The molecule has 0 spiro atoms. The number of hydrogen-bond acceptors (Lipinski definition) is 4. The summed E-state index contributed by atoms with van der Waals surface area (Å²) < 4.78 is 18.3. The number of likely N-dealkylation sites (tertiary alicyclic amines) is 1. The lowest BCUT2D eigenvalue weighted by Gasteiger charge is -2.33. The highest BCUT2D eigenvalue weighted by molar-refractivity contribution is 5.76. The zero-order chi connectivity index (χ0) is 15.5. The predicted octanol–water partition coefficient (Wildman–Crippen LogP) is 3.34. The van der Waals surface area contributed by atoms with E-state index in [4.69, 9.17) is 4.52 Å². The molecule has 0 aliphatic carbocycles. The van der Waals surface area contributed by atoms with Gasteiger partial charge in [-0.2, -0.15) is 4.98 Å². The lowest BCUT2D eigenvalue weighted by Crippen LogP contribution is -2.38. The van der Waals surface area contributed by atoms with Gasteiger partial charge in [0.15, 0.2) is 0 Å². The van der Waals surface area contributed by atoms with Gasteiger partial charge in [-0.25, -0.2) is 4.39 Å². The van der Waals surface area contributed by atoms with Gasteiger partial charge < -0.3 is 9.42 Å². The van der Waals surface area contributed by atoms with E-state index in [9.17, 15) is 9.18 Å². The zero-order valence-electron chi connectivity index (χ0n) is 12.5. The first kappa shape index (κ1) is 14.7. The third-order valence-corrected chi connectivity index (χ3v) is 3.95. The smallest absolute Gasteiger partial charge is 0.249 e. The minimum absolute atomic E-state index is 0.103. The van der Waals surface area contributed by atoms with Gasteiger partial charge in [0.05, 0.1) is 0 Å². The molecule has 1 saturated heterocycles. The molecule has 1 atom stereocenters. The second-order valence-corrected chi connectivity index (χ2v) is 5.42. The van der Waals surface area contributed by atoms with Gasteiger partial charge in [-0.1, -0.05) is 12.1 Å². The molecule has 1 fully saturated rings. The molecule has 2 aromatic rings. The van der Waals surface area contributed by atoms with E-state index in [-0.39, 0.29) is 17.8 Å². The maximum absolute atomic E-state index is 13.0. The Labute approximate surface area is 128 Å². The quantitative estimate of drug-likeness (QED) is 0.872. The first-order chi connectivity index (χ1) is 10.7. The van der Waals surface area contributed by atoms with Crippen LogP contribution in [0.5, 0.6) is 0 Å². The minimum Gasteiger partial charge on any atom is -0.337 e. The standard InChI is InChI=1S/C16H18FN3O2/c1-2-14(21)20-10-4-3-5-13(20)16-18-15(19-22-16)11-6-8-12(17)9-7-11/h6-9,13H,2-5,10H2,1H3/t13-/m1/s1. The summed E-state index contributed by atoms with van der Waals surface area (Å²) in [7, 11) is 0. The summed E-state index contributed by atoms with van der Waals surface area (Å²) in [6, 6.07) is 5.79. The molecule has 1 amide bonds. The molecule has 6 heteroatoms. The highest BCUT2D eigenvalue weighted by Gasteiger charge is 2.31. The third kappa shape index (κ3) is 2.86. The topological polar surface area (TPSA) is 59.2 Å². The van der Waals surface area contributed by atoms with Gasteiger partial charge in [-0.15, -0.1) is 0 Å². The molecule has 22 heavy (non-hydrogen) atoms. The minimum atomic E-state index is -0.306. The van der Waals surface area contributed by atoms with Gasteiger partial charge in [0.25, 0.3) is 0 Å². The van der Waals surface area contributed by atoms with Crippen LogP contribution in [0.15, 0.2) is 28.8 Å². The predicted molar refractivity (Wildman–Crippen MR) is 78.3 cm³/mol. The number of carbonyl (C=O) groups excluding carboxylic acids is 1. The number of benzene rings is 1. The molecule has 5 nitrogen and oxygen atoms in total. The molecule has 116 valence electrons. The van der Waals surface area contributed by atoms with Gasteiger partial charge in [-0.05, 0) is 43.5 Å². The van der Waals surface area contributed by atoms with Gasteiger partial charge in [0.1, 0.15) is 11.9 Å². The lowest BCUT2D eigenvalue weighted by molar-refractivity contribution is -0.135. The molecule has 1 aliphatic heterocycles. The second-order valence-electron chi connectivity index (χ2n) is 5.42. The van der Waals surface area contributed by atoms with Crippen LogP contribution >= 0.6 is 0 Å². The van der Waals surface area contributed by atoms with E-state index >= 15 is 0 Å². The van der Waals surface area contributed by atoms with E-state index in [0.29, 0.717) is 23.7 Å². The summed E-state index contributed by atoms with van der Waals surface area (Å²) in [6.45, 7) is 2.58. The number of nitrogens with zero attached hydrogens (tertiary/aromatic N) is 3. The van der Waals surface area contributed by atoms with Crippen molar-refractivity contribution in [3.8, 4) is 11.4 Å². The normalized spacial score (nSPS) is 18.5. The van der Waals surface area contributed by atoms with Crippen LogP contribution in [0.2, 0.25) is 0 Å². The summed E-state index contributed by atoms with van der Waals surface area (Å²) in [4.78, 5) is 18.3. The number of hydrogen-bond donors (Lipinski definition) is 0. The average Bonchev–Trinajstić information content (AvgIpc) is 3.04. The Hall–Kier alpha value is -2.24. The van der Waals surface area contributed by atoms with Crippen molar-refractivity contribution in [2.24, 2.45) is 0 Å². The Morgan fingerprint density at radius 2 is 2.14 bits per heavy atom. The Morgan fingerprint density at radius 3 is 2.86 bits per heavy atom. The molecular weight excluding hydrogens is 285 g/mol. The maximum Gasteiger partial charge on any atom is 0.249 e. The van der Waals surface area contributed by atoms with Crippen molar-refractivity contribution in [1.29, 1.82) is 0 Å². The molecule has 1 aromatic heterocycles. The van der Waals surface area contributed by atoms with Crippen LogP contribution in [0.4, 0.5) is 4.39 Å². The van der Waals surface area contributed by atoms with E-state index in [1.807, 2.05) is 11.8 Å². The van der Waals surface area contributed by atoms with Crippen LogP contribution in [0.25, 0.3) is 11.4 Å². The van der Waals surface area contributed by atoms with Gasteiger partial charge in [-0.3, -0.25) is 4.79 Å². The molecular formula is C16H18FN3O2. The van der Waals surface area contributed by atoms with Gasteiger partial charge in [0, 0.05) is 18.5 Å². The molecule has 3 rings (SSSR count).